The lowest BCUT2D eigenvalue weighted by atomic mass is 9.85. The molecular formula is C26H16O6S2. The molecule has 3 heterocycles. The Morgan fingerprint density at radius 1 is 0.706 bits per heavy atom. The monoisotopic (exact) mass is 488 g/mol. The second-order valence-electron chi connectivity index (χ2n) is 7.84. The van der Waals surface area contributed by atoms with Gasteiger partial charge in [0.1, 0.15) is 0 Å². The molecule has 1 aliphatic rings. The van der Waals surface area contributed by atoms with Gasteiger partial charge in [-0.05, 0) is 42.0 Å². The van der Waals surface area contributed by atoms with Gasteiger partial charge in [0.15, 0.2) is 32.5 Å². The predicted octanol–water partition coefficient (Wildman–Crippen LogP) is 5.16. The van der Waals surface area contributed by atoms with Gasteiger partial charge in [-0.2, -0.15) is 0 Å². The Morgan fingerprint density at radius 2 is 1.24 bits per heavy atom. The normalized spacial score (nSPS) is 12.6. The molecule has 8 heteroatoms. The zero-order valence-electron chi connectivity index (χ0n) is 17.5. The Kier molecular flexibility index (Phi) is 4.79. The molecule has 6 nitrogen and oxygen atoms in total. The maximum Gasteiger partial charge on any atom is 0.231 e. The van der Waals surface area contributed by atoms with Crippen LogP contribution >= 0.6 is 22.7 Å². The smallest absolute Gasteiger partial charge is 0.231 e. The van der Waals surface area contributed by atoms with Gasteiger partial charge in [-0.15, -0.1) is 0 Å². The van der Waals surface area contributed by atoms with Gasteiger partial charge in [-0.3, -0.25) is 9.59 Å². The maximum atomic E-state index is 13.7. The SMILES string of the molecule is O=c1c(C(c2ccc3c(c2)OCO3)c2c(O)sc3ccccc3c2=O)c(O)sc2ccccc12. The average Bonchev–Trinajstić information content (AvgIpc) is 3.31. The maximum absolute atomic E-state index is 13.7. The number of aromatic hydroxyl groups is 2. The molecule has 0 aliphatic carbocycles. The van der Waals surface area contributed by atoms with Crippen molar-refractivity contribution in [1.82, 2.24) is 0 Å². The zero-order valence-corrected chi connectivity index (χ0v) is 19.1. The summed E-state index contributed by atoms with van der Waals surface area (Å²) in [5.41, 5.74) is -0.193. The highest BCUT2D eigenvalue weighted by Gasteiger charge is 2.32. The van der Waals surface area contributed by atoms with Crippen molar-refractivity contribution in [3.8, 4) is 21.6 Å². The fraction of sp³-hybridized carbons (Fsp3) is 0.0769. The van der Waals surface area contributed by atoms with E-state index in [1.807, 2.05) is 0 Å². The van der Waals surface area contributed by atoms with Crippen LogP contribution < -0.4 is 20.3 Å². The van der Waals surface area contributed by atoms with Gasteiger partial charge in [-0.1, -0.05) is 53.0 Å². The molecule has 0 unspecified atom stereocenters. The van der Waals surface area contributed by atoms with Crippen molar-refractivity contribution in [1.29, 1.82) is 0 Å². The molecular weight excluding hydrogens is 472 g/mol. The quantitative estimate of drug-likeness (QED) is 0.365. The Balaban J connectivity index is 1.72. The summed E-state index contributed by atoms with van der Waals surface area (Å²) in [4.78, 5) is 27.3. The lowest BCUT2D eigenvalue weighted by molar-refractivity contribution is 0.174. The topological polar surface area (TPSA) is 93.1 Å². The fourth-order valence-corrected chi connectivity index (χ4v) is 6.26. The van der Waals surface area contributed by atoms with E-state index in [4.69, 9.17) is 9.47 Å². The van der Waals surface area contributed by atoms with Crippen molar-refractivity contribution >= 4 is 42.8 Å². The molecule has 34 heavy (non-hydrogen) atoms. The molecule has 0 saturated heterocycles. The van der Waals surface area contributed by atoms with E-state index in [1.54, 1.807) is 66.7 Å². The number of benzene rings is 3. The van der Waals surface area contributed by atoms with Gasteiger partial charge in [-0.25, -0.2) is 0 Å². The number of fused-ring (bicyclic) bond motifs is 3. The van der Waals surface area contributed by atoms with Gasteiger partial charge in [0.05, 0.1) is 17.0 Å². The van der Waals surface area contributed by atoms with Gasteiger partial charge < -0.3 is 19.7 Å². The average molecular weight is 489 g/mol. The molecule has 0 amide bonds. The van der Waals surface area contributed by atoms with E-state index in [2.05, 4.69) is 0 Å². The van der Waals surface area contributed by atoms with E-state index in [1.165, 1.54) is 0 Å². The van der Waals surface area contributed by atoms with E-state index in [9.17, 15) is 19.8 Å². The van der Waals surface area contributed by atoms with E-state index in [0.29, 0.717) is 37.2 Å². The third-order valence-corrected chi connectivity index (χ3v) is 7.91. The second-order valence-corrected chi connectivity index (χ2v) is 9.90. The van der Waals surface area contributed by atoms with Crippen LogP contribution in [0.3, 0.4) is 0 Å². The molecule has 0 saturated carbocycles. The first-order chi connectivity index (χ1) is 16.5. The highest BCUT2D eigenvalue weighted by atomic mass is 32.1. The molecule has 0 bridgehead atoms. The number of hydrogen-bond acceptors (Lipinski definition) is 8. The van der Waals surface area contributed by atoms with Crippen LogP contribution in [0, 0.1) is 0 Å². The summed E-state index contributed by atoms with van der Waals surface area (Å²) >= 11 is 2.12. The first kappa shape index (κ1) is 20.7. The van der Waals surface area contributed by atoms with Crippen LogP contribution in [0.4, 0.5) is 0 Å². The Labute approximate surface area is 200 Å². The molecule has 2 N–H and O–H groups in total. The first-order valence-corrected chi connectivity index (χ1v) is 12.0. The fourth-order valence-electron chi connectivity index (χ4n) is 4.37. The minimum absolute atomic E-state index is 0.0393. The minimum Gasteiger partial charge on any atom is -0.499 e. The third kappa shape index (κ3) is 3.14. The highest BCUT2D eigenvalue weighted by Crippen LogP contribution is 2.45. The molecule has 1 aliphatic heterocycles. The van der Waals surface area contributed by atoms with Gasteiger partial charge in [0.25, 0.3) is 0 Å². The van der Waals surface area contributed by atoms with Crippen LogP contribution in [0.5, 0.6) is 21.6 Å². The van der Waals surface area contributed by atoms with Crippen molar-refractivity contribution in [2.75, 3.05) is 6.79 Å². The third-order valence-electron chi connectivity index (χ3n) is 5.93. The Bertz CT molecular complexity index is 1620. The van der Waals surface area contributed by atoms with Gasteiger partial charge >= 0.3 is 0 Å². The van der Waals surface area contributed by atoms with Crippen molar-refractivity contribution < 1.29 is 19.7 Å². The predicted molar refractivity (Wildman–Crippen MR) is 133 cm³/mol. The van der Waals surface area contributed by atoms with Crippen LogP contribution in [0.2, 0.25) is 0 Å². The van der Waals surface area contributed by atoms with Crippen molar-refractivity contribution in [2.45, 2.75) is 5.92 Å². The van der Waals surface area contributed by atoms with Crippen LogP contribution in [0.25, 0.3) is 20.2 Å². The van der Waals surface area contributed by atoms with Crippen LogP contribution in [0.15, 0.2) is 76.3 Å². The first-order valence-electron chi connectivity index (χ1n) is 10.4. The standard InChI is InChI=1S/C26H16O6S2/c27-23-14-5-1-3-7-18(14)33-25(29)21(23)20(13-9-10-16-17(11-13)32-12-31-16)22-24(28)15-6-2-4-8-19(15)34-26(22)30/h1-11,20,29-30H,12H2. The van der Waals surface area contributed by atoms with Gasteiger partial charge in [0.2, 0.25) is 6.79 Å². The molecule has 6 rings (SSSR count). The number of rotatable bonds is 3. The minimum atomic E-state index is -1.02. The summed E-state index contributed by atoms with van der Waals surface area (Å²) in [6.45, 7) is 0.0651. The molecule has 0 spiro atoms. The molecule has 3 aromatic carbocycles. The summed E-state index contributed by atoms with van der Waals surface area (Å²) < 4.78 is 12.2. The summed E-state index contributed by atoms with van der Waals surface area (Å²) in [6, 6.07) is 19.1. The molecule has 168 valence electrons. The largest absolute Gasteiger partial charge is 0.499 e. The molecule has 0 fully saturated rings. The molecule has 2 aromatic heterocycles. The molecule has 0 radical (unpaired) electrons. The van der Waals surface area contributed by atoms with Gasteiger partial charge in [0, 0.05) is 20.2 Å². The van der Waals surface area contributed by atoms with Crippen LogP contribution in [-0.4, -0.2) is 17.0 Å². The highest BCUT2D eigenvalue weighted by molar-refractivity contribution is 7.20. The van der Waals surface area contributed by atoms with E-state index < -0.39 is 16.8 Å². The lowest BCUT2D eigenvalue weighted by Crippen LogP contribution is -2.21. The van der Waals surface area contributed by atoms with Crippen molar-refractivity contribution in [3.63, 3.8) is 0 Å². The molecule has 0 atom stereocenters. The Morgan fingerprint density at radius 3 is 1.82 bits per heavy atom. The summed E-state index contributed by atoms with van der Waals surface area (Å²) in [5, 5.41) is 22.6. The summed E-state index contributed by atoms with van der Waals surface area (Å²) in [7, 11) is 0. The number of ether oxygens (including phenoxy) is 2. The van der Waals surface area contributed by atoms with Crippen molar-refractivity contribution in [3.05, 3.63) is 104 Å². The van der Waals surface area contributed by atoms with Crippen molar-refractivity contribution in [2.24, 2.45) is 0 Å². The summed E-state index contributed by atoms with van der Waals surface area (Å²) in [5.74, 6) is -0.00481. The number of hydrogen-bond donors (Lipinski definition) is 2. The van der Waals surface area contributed by atoms with E-state index in [0.717, 1.165) is 22.7 Å². The Hall–Kier alpha value is -3.88. The van der Waals surface area contributed by atoms with Crippen LogP contribution in [0.1, 0.15) is 22.6 Å². The van der Waals surface area contributed by atoms with Crippen LogP contribution in [-0.2, 0) is 0 Å². The van der Waals surface area contributed by atoms with E-state index in [-0.39, 0.29) is 28.0 Å². The zero-order chi connectivity index (χ0) is 23.4. The summed E-state index contributed by atoms with van der Waals surface area (Å²) in [6.07, 6.45) is 0. The molecule has 5 aromatic rings. The second kappa shape index (κ2) is 7.86. The van der Waals surface area contributed by atoms with E-state index >= 15 is 0 Å². The lowest BCUT2D eigenvalue weighted by Gasteiger charge is -2.20.